The Morgan fingerprint density at radius 1 is 1.31 bits per heavy atom. The van der Waals surface area contributed by atoms with E-state index in [1.54, 1.807) is 31.2 Å². The molecule has 0 fully saturated rings. The van der Waals surface area contributed by atoms with E-state index < -0.39 is 5.97 Å². The summed E-state index contributed by atoms with van der Waals surface area (Å²) in [6.45, 7) is 4.09. The monoisotopic (exact) mass is 350 g/mol. The van der Waals surface area contributed by atoms with Crippen LogP contribution in [-0.4, -0.2) is 17.1 Å². The van der Waals surface area contributed by atoms with Gasteiger partial charge in [-0.05, 0) is 48.7 Å². The Morgan fingerprint density at radius 3 is 2.69 bits per heavy atom. The Kier molecular flexibility index (Phi) is 4.77. The van der Waals surface area contributed by atoms with E-state index >= 15 is 0 Å². The zero-order valence-electron chi connectivity index (χ0n) is 14.7. The van der Waals surface area contributed by atoms with Crippen LogP contribution in [-0.2, 0) is 11.3 Å². The van der Waals surface area contributed by atoms with Gasteiger partial charge in [0, 0.05) is 17.8 Å². The highest BCUT2D eigenvalue weighted by Gasteiger charge is 2.34. The Labute approximate surface area is 151 Å². The van der Waals surface area contributed by atoms with E-state index in [1.807, 2.05) is 17.9 Å². The Hall–Kier alpha value is -3.13. The van der Waals surface area contributed by atoms with Crippen molar-refractivity contribution in [2.45, 2.75) is 32.9 Å². The number of halogens is 1. The van der Waals surface area contributed by atoms with E-state index in [1.165, 1.54) is 12.1 Å². The summed E-state index contributed by atoms with van der Waals surface area (Å²) in [5.41, 5.74) is 3.92. The van der Waals surface area contributed by atoms with Gasteiger partial charge in [0.05, 0.1) is 23.2 Å². The molecule has 4 nitrogen and oxygen atoms in total. The number of nitrogens with zero attached hydrogens (tertiary/aromatic N) is 2. The lowest BCUT2D eigenvalue weighted by Gasteiger charge is -2.39. The van der Waals surface area contributed by atoms with E-state index in [-0.39, 0.29) is 11.9 Å². The second kappa shape index (κ2) is 7.01. The summed E-state index contributed by atoms with van der Waals surface area (Å²) in [4.78, 5) is 13.9. The lowest BCUT2D eigenvalue weighted by Crippen LogP contribution is -2.41. The molecule has 0 bridgehead atoms. The van der Waals surface area contributed by atoms with E-state index in [0.717, 1.165) is 16.8 Å². The number of fused-ring (bicyclic) bond motifs is 1. The number of hydrogen-bond acceptors (Lipinski definition) is 3. The number of carboxylic acids is 1. The fourth-order valence-electron chi connectivity index (χ4n) is 3.63. The van der Waals surface area contributed by atoms with Gasteiger partial charge in [0.1, 0.15) is 5.82 Å². The fraction of sp³-hybridized carbons (Fsp3) is 0.238. The molecule has 1 heterocycles. The summed E-state index contributed by atoms with van der Waals surface area (Å²) >= 11 is 0. The largest absolute Gasteiger partial charge is 0.478 e. The van der Waals surface area contributed by atoms with Gasteiger partial charge in [-0.25, -0.2) is 9.18 Å². The molecule has 1 aliphatic heterocycles. The van der Waals surface area contributed by atoms with E-state index in [9.17, 15) is 19.6 Å². The van der Waals surface area contributed by atoms with Crippen LogP contribution in [0.25, 0.3) is 5.57 Å². The quantitative estimate of drug-likeness (QED) is 0.890. The Morgan fingerprint density at radius 2 is 2.08 bits per heavy atom. The summed E-state index contributed by atoms with van der Waals surface area (Å²) in [5, 5.41) is 19.0. The molecular weight excluding hydrogens is 331 g/mol. The topological polar surface area (TPSA) is 64.3 Å². The minimum atomic E-state index is -0.950. The van der Waals surface area contributed by atoms with Gasteiger partial charge in [-0.15, -0.1) is 0 Å². The molecule has 1 atom stereocenters. The van der Waals surface area contributed by atoms with Crippen LogP contribution >= 0.6 is 0 Å². The summed E-state index contributed by atoms with van der Waals surface area (Å²) in [5.74, 6) is -1.28. The number of carbonyl (C=O) groups is 1. The van der Waals surface area contributed by atoms with Gasteiger partial charge < -0.3 is 10.0 Å². The highest BCUT2D eigenvalue weighted by atomic mass is 19.1. The van der Waals surface area contributed by atoms with Crippen molar-refractivity contribution in [3.8, 4) is 6.07 Å². The zero-order valence-corrected chi connectivity index (χ0v) is 14.7. The molecule has 132 valence electrons. The van der Waals surface area contributed by atoms with Crippen molar-refractivity contribution >= 4 is 17.2 Å². The van der Waals surface area contributed by atoms with Gasteiger partial charge in [-0.2, -0.15) is 5.26 Å². The molecule has 0 spiro atoms. The molecule has 1 aliphatic rings. The van der Waals surface area contributed by atoms with Crippen molar-refractivity contribution in [3.05, 3.63) is 70.5 Å². The summed E-state index contributed by atoms with van der Waals surface area (Å²) in [6, 6.07) is 13.3. The molecule has 1 unspecified atom stereocenters. The molecule has 3 rings (SSSR count). The van der Waals surface area contributed by atoms with E-state index in [4.69, 9.17) is 0 Å². The van der Waals surface area contributed by atoms with Gasteiger partial charge in [0.25, 0.3) is 0 Å². The number of nitriles is 1. The highest BCUT2D eigenvalue weighted by Crippen LogP contribution is 2.40. The molecule has 26 heavy (non-hydrogen) atoms. The molecule has 2 aromatic rings. The first-order valence-electron chi connectivity index (χ1n) is 8.46. The first kappa shape index (κ1) is 17.7. The number of allylic oxidation sites excluding steroid dienone is 1. The number of hydrogen-bond donors (Lipinski definition) is 1. The molecule has 5 heteroatoms. The average molecular weight is 350 g/mol. The third-order valence-electron chi connectivity index (χ3n) is 4.81. The lowest BCUT2D eigenvalue weighted by atomic mass is 9.86. The second-order valence-electron chi connectivity index (χ2n) is 6.37. The van der Waals surface area contributed by atoms with Crippen LogP contribution < -0.4 is 4.90 Å². The van der Waals surface area contributed by atoms with Crippen molar-refractivity contribution in [1.29, 1.82) is 5.26 Å². The Balaban J connectivity index is 2.18. The maximum absolute atomic E-state index is 13.6. The fourth-order valence-corrected chi connectivity index (χ4v) is 3.63. The first-order chi connectivity index (χ1) is 12.5. The molecule has 0 saturated heterocycles. The van der Waals surface area contributed by atoms with Gasteiger partial charge in [-0.1, -0.05) is 25.1 Å². The predicted octanol–water partition coefficient (Wildman–Crippen LogP) is 4.35. The van der Waals surface area contributed by atoms with Crippen molar-refractivity contribution < 1.29 is 14.3 Å². The molecule has 0 aromatic heterocycles. The minimum absolute atomic E-state index is 0.330. The van der Waals surface area contributed by atoms with Crippen LogP contribution in [0.3, 0.4) is 0 Å². The third kappa shape index (κ3) is 3.06. The summed E-state index contributed by atoms with van der Waals surface area (Å²) in [6.07, 6.45) is 0.588. The van der Waals surface area contributed by atoms with Crippen LogP contribution in [0.15, 0.2) is 48.0 Å². The van der Waals surface area contributed by atoms with E-state index in [2.05, 4.69) is 6.07 Å². The van der Waals surface area contributed by atoms with Crippen LogP contribution in [0.2, 0.25) is 0 Å². The van der Waals surface area contributed by atoms with Crippen LogP contribution in [0, 0.1) is 17.1 Å². The number of aliphatic carboxylic acids is 1. The van der Waals surface area contributed by atoms with Crippen molar-refractivity contribution in [3.63, 3.8) is 0 Å². The van der Waals surface area contributed by atoms with Crippen molar-refractivity contribution in [2.24, 2.45) is 0 Å². The molecule has 1 N–H and O–H groups in total. The molecule has 2 aromatic carbocycles. The SMILES string of the molecule is CCC1C(C(=O)O)=C(C)c2ccc(C#N)cc2N1Cc1cccc(F)c1. The molecule has 0 aliphatic carbocycles. The smallest absolute Gasteiger partial charge is 0.333 e. The molecular formula is C21H19FN2O2. The number of carboxylic acid groups (broad SMARTS) is 1. The molecule has 0 amide bonds. The highest BCUT2D eigenvalue weighted by molar-refractivity contribution is 6.01. The zero-order chi connectivity index (χ0) is 18.8. The third-order valence-corrected chi connectivity index (χ3v) is 4.81. The first-order valence-corrected chi connectivity index (χ1v) is 8.46. The number of anilines is 1. The van der Waals surface area contributed by atoms with Gasteiger partial charge >= 0.3 is 5.97 Å². The van der Waals surface area contributed by atoms with Crippen LogP contribution in [0.4, 0.5) is 10.1 Å². The predicted molar refractivity (Wildman–Crippen MR) is 98.0 cm³/mol. The molecule has 0 saturated carbocycles. The lowest BCUT2D eigenvalue weighted by molar-refractivity contribution is -0.132. The Bertz CT molecular complexity index is 943. The maximum atomic E-state index is 13.6. The van der Waals surface area contributed by atoms with E-state index in [0.29, 0.717) is 29.7 Å². The van der Waals surface area contributed by atoms with Crippen molar-refractivity contribution in [1.82, 2.24) is 0 Å². The normalized spacial score (nSPS) is 16.2. The van der Waals surface area contributed by atoms with Crippen molar-refractivity contribution in [2.75, 3.05) is 4.90 Å². The summed E-state index contributed by atoms with van der Waals surface area (Å²) < 4.78 is 13.6. The second-order valence-corrected chi connectivity index (χ2v) is 6.37. The maximum Gasteiger partial charge on any atom is 0.333 e. The minimum Gasteiger partial charge on any atom is -0.478 e. The number of benzene rings is 2. The standard InChI is InChI=1S/C21H19FN2O2/c1-3-18-20(21(25)26)13(2)17-8-7-14(11-23)10-19(17)24(18)12-15-5-4-6-16(22)9-15/h4-10,18H,3,12H2,1-2H3,(H,25,26). The van der Waals surface area contributed by atoms with Gasteiger partial charge in [-0.3, -0.25) is 0 Å². The summed E-state index contributed by atoms with van der Waals surface area (Å²) in [7, 11) is 0. The average Bonchev–Trinajstić information content (AvgIpc) is 2.62. The van der Waals surface area contributed by atoms with Gasteiger partial charge in [0.2, 0.25) is 0 Å². The molecule has 0 radical (unpaired) electrons. The van der Waals surface area contributed by atoms with Crippen LogP contribution in [0.1, 0.15) is 37.0 Å². The van der Waals surface area contributed by atoms with Crippen LogP contribution in [0.5, 0.6) is 0 Å². The number of rotatable bonds is 4. The van der Waals surface area contributed by atoms with Gasteiger partial charge in [0.15, 0.2) is 0 Å².